The minimum Gasteiger partial charge on any atom is -0.444 e. The van der Waals surface area contributed by atoms with Crippen molar-refractivity contribution in [2.45, 2.75) is 70.8 Å². The van der Waals surface area contributed by atoms with Gasteiger partial charge in [0.15, 0.2) is 0 Å². The Balaban J connectivity index is 1.98. The Hall–Kier alpha value is -0.830. The summed E-state index contributed by atoms with van der Waals surface area (Å²) in [5.41, 5.74) is 0. The van der Waals surface area contributed by atoms with Crippen LogP contribution >= 0.6 is 0 Å². The van der Waals surface area contributed by atoms with Gasteiger partial charge >= 0.3 is 0 Å². The van der Waals surface area contributed by atoms with Crippen LogP contribution in [-0.2, 0) is 0 Å². The van der Waals surface area contributed by atoms with E-state index >= 15 is 0 Å². The molecule has 2 rings (SSSR count). The standard InChI is InChI=1S/C15H26N2O/c1-3-16-12(2)15-17-11-14(18-15)13-9-7-5-4-6-8-10-13/h11-13,16H,3-10H2,1-2H3. The molecule has 1 aromatic rings. The monoisotopic (exact) mass is 250 g/mol. The lowest BCUT2D eigenvalue weighted by Gasteiger charge is -2.17. The average molecular weight is 250 g/mol. The van der Waals surface area contributed by atoms with Crippen LogP contribution < -0.4 is 5.32 Å². The zero-order chi connectivity index (χ0) is 12.8. The maximum absolute atomic E-state index is 5.96. The molecule has 0 aromatic carbocycles. The maximum Gasteiger partial charge on any atom is 0.211 e. The topological polar surface area (TPSA) is 38.1 Å². The molecule has 0 aliphatic heterocycles. The summed E-state index contributed by atoms with van der Waals surface area (Å²) in [6.45, 7) is 5.16. The molecule has 1 unspecified atom stereocenters. The Morgan fingerprint density at radius 1 is 1.28 bits per heavy atom. The highest BCUT2D eigenvalue weighted by Crippen LogP contribution is 2.31. The van der Waals surface area contributed by atoms with Crippen LogP contribution in [0, 0.1) is 0 Å². The van der Waals surface area contributed by atoms with Gasteiger partial charge in [-0.3, -0.25) is 0 Å². The van der Waals surface area contributed by atoms with Gasteiger partial charge in [-0.25, -0.2) is 4.98 Å². The summed E-state index contributed by atoms with van der Waals surface area (Å²) >= 11 is 0. The number of hydrogen-bond acceptors (Lipinski definition) is 3. The summed E-state index contributed by atoms with van der Waals surface area (Å²) < 4.78 is 5.96. The molecule has 1 saturated carbocycles. The van der Waals surface area contributed by atoms with Crippen molar-refractivity contribution in [2.24, 2.45) is 0 Å². The van der Waals surface area contributed by atoms with Gasteiger partial charge in [0.25, 0.3) is 0 Å². The highest BCUT2D eigenvalue weighted by molar-refractivity contribution is 5.04. The van der Waals surface area contributed by atoms with Gasteiger partial charge in [0.2, 0.25) is 5.89 Å². The summed E-state index contributed by atoms with van der Waals surface area (Å²) in [5, 5.41) is 3.34. The van der Waals surface area contributed by atoms with Crippen LogP contribution in [0.4, 0.5) is 0 Å². The number of oxazole rings is 1. The minimum absolute atomic E-state index is 0.220. The van der Waals surface area contributed by atoms with E-state index < -0.39 is 0 Å². The van der Waals surface area contributed by atoms with Gasteiger partial charge < -0.3 is 9.73 Å². The van der Waals surface area contributed by atoms with Gasteiger partial charge in [0.05, 0.1) is 12.2 Å². The van der Waals surface area contributed by atoms with E-state index in [1.807, 2.05) is 6.20 Å². The zero-order valence-corrected chi connectivity index (χ0v) is 11.7. The molecule has 0 radical (unpaired) electrons. The van der Waals surface area contributed by atoms with Crippen molar-refractivity contribution in [3.05, 3.63) is 17.8 Å². The van der Waals surface area contributed by atoms with Crippen molar-refractivity contribution in [3.8, 4) is 0 Å². The van der Waals surface area contributed by atoms with Crippen molar-refractivity contribution in [1.29, 1.82) is 0 Å². The molecule has 1 aromatic heterocycles. The molecule has 1 aliphatic rings. The molecule has 3 nitrogen and oxygen atoms in total. The van der Waals surface area contributed by atoms with Gasteiger partial charge in [-0.1, -0.05) is 39.0 Å². The van der Waals surface area contributed by atoms with Crippen LogP contribution in [0.5, 0.6) is 0 Å². The van der Waals surface area contributed by atoms with Crippen molar-refractivity contribution in [1.82, 2.24) is 10.3 Å². The lowest BCUT2D eigenvalue weighted by molar-refractivity contribution is 0.350. The smallest absolute Gasteiger partial charge is 0.211 e. The molecule has 1 N–H and O–H groups in total. The Labute approximate surface area is 110 Å². The molecule has 1 fully saturated rings. The van der Waals surface area contributed by atoms with E-state index in [0.717, 1.165) is 18.2 Å². The first-order chi connectivity index (χ1) is 8.81. The summed E-state index contributed by atoms with van der Waals surface area (Å²) in [5.74, 6) is 2.55. The summed E-state index contributed by atoms with van der Waals surface area (Å²) in [6, 6.07) is 0.220. The maximum atomic E-state index is 5.96. The molecule has 0 amide bonds. The number of rotatable bonds is 4. The van der Waals surface area contributed by atoms with Crippen molar-refractivity contribution in [3.63, 3.8) is 0 Å². The minimum atomic E-state index is 0.220. The fourth-order valence-electron chi connectivity index (χ4n) is 2.82. The second-order valence-electron chi connectivity index (χ2n) is 5.42. The second-order valence-corrected chi connectivity index (χ2v) is 5.42. The lowest BCUT2D eigenvalue weighted by Crippen LogP contribution is -2.17. The molecule has 18 heavy (non-hydrogen) atoms. The molecule has 0 spiro atoms. The number of nitrogens with zero attached hydrogens (tertiary/aromatic N) is 1. The third-order valence-corrected chi connectivity index (χ3v) is 3.93. The normalized spacial score (nSPS) is 20.3. The Bertz CT molecular complexity index is 340. The summed E-state index contributed by atoms with van der Waals surface area (Å²) in [4.78, 5) is 4.43. The van der Waals surface area contributed by atoms with Crippen molar-refractivity contribution < 1.29 is 4.42 Å². The van der Waals surface area contributed by atoms with Crippen LogP contribution in [0.1, 0.15) is 82.4 Å². The van der Waals surface area contributed by atoms with E-state index in [2.05, 4.69) is 24.1 Å². The molecule has 0 saturated heterocycles. The quantitative estimate of drug-likeness (QED) is 0.871. The van der Waals surface area contributed by atoms with Gasteiger partial charge in [-0.05, 0) is 26.3 Å². The number of hydrogen-bond donors (Lipinski definition) is 1. The van der Waals surface area contributed by atoms with E-state index in [9.17, 15) is 0 Å². The Morgan fingerprint density at radius 2 is 1.94 bits per heavy atom. The Kier molecular flexibility index (Phi) is 5.24. The summed E-state index contributed by atoms with van der Waals surface area (Å²) in [6.07, 6.45) is 11.3. The fraction of sp³-hybridized carbons (Fsp3) is 0.800. The van der Waals surface area contributed by atoms with E-state index in [0.29, 0.717) is 5.92 Å². The largest absolute Gasteiger partial charge is 0.444 e. The number of nitrogens with one attached hydrogen (secondary N) is 1. The molecule has 1 atom stereocenters. The SMILES string of the molecule is CCNC(C)c1ncc(C2CCCCCCC2)o1. The molecular formula is C15H26N2O. The molecule has 3 heteroatoms. The second kappa shape index (κ2) is 6.93. The van der Waals surface area contributed by atoms with Gasteiger partial charge in [0, 0.05) is 5.92 Å². The van der Waals surface area contributed by atoms with Crippen LogP contribution in [0.2, 0.25) is 0 Å². The van der Waals surface area contributed by atoms with Gasteiger partial charge in [-0.2, -0.15) is 0 Å². The van der Waals surface area contributed by atoms with Crippen LogP contribution in [0.15, 0.2) is 10.6 Å². The van der Waals surface area contributed by atoms with Crippen LogP contribution in [-0.4, -0.2) is 11.5 Å². The third kappa shape index (κ3) is 3.58. The molecule has 0 bridgehead atoms. The van der Waals surface area contributed by atoms with E-state index in [1.165, 1.54) is 44.9 Å². The van der Waals surface area contributed by atoms with Crippen LogP contribution in [0.25, 0.3) is 0 Å². The zero-order valence-electron chi connectivity index (χ0n) is 11.7. The first-order valence-electron chi connectivity index (χ1n) is 7.50. The predicted molar refractivity (Wildman–Crippen MR) is 73.7 cm³/mol. The third-order valence-electron chi connectivity index (χ3n) is 3.93. The summed E-state index contributed by atoms with van der Waals surface area (Å²) in [7, 11) is 0. The molecule has 1 aliphatic carbocycles. The van der Waals surface area contributed by atoms with Gasteiger partial charge in [-0.15, -0.1) is 0 Å². The number of aromatic nitrogens is 1. The average Bonchev–Trinajstić information content (AvgIpc) is 2.78. The fourth-order valence-corrected chi connectivity index (χ4v) is 2.82. The molecular weight excluding hydrogens is 224 g/mol. The molecule has 102 valence electrons. The van der Waals surface area contributed by atoms with E-state index in [-0.39, 0.29) is 6.04 Å². The van der Waals surface area contributed by atoms with Crippen molar-refractivity contribution >= 4 is 0 Å². The van der Waals surface area contributed by atoms with E-state index in [4.69, 9.17) is 4.42 Å². The van der Waals surface area contributed by atoms with Crippen LogP contribution in [0.3, 0.4) is 0 Å². The van der Waals surface area contributed by atoms with Gasteiger partial charge in [0.1, 0.15) is 5.76 Å². The lowest BCUT2D eigenvalue weighted by atomic mass is 9.90. The first kappa shape index (κ1) is 13.6. The van der Waals surface area contributed by atoms with E-state index in [1.54, 1.807) is 0 Å². The Morgan fingerprint density at radius 3 is 2.61 bits per heavy atom. The van der Waals surface area contributed by atoms with Crippen molar-refractivity contribution in [2.75, 3.05) is 6.54 Å². The highest BCUT2D eigenvalue weighted by Gasteiger charge is 2.19. The first-order valence-corrected chi connectivity index (χ1v) is 7.50. The highest BCUT2D eigenvalue weighted by atomic mass is 16.4. The predicted octanol–water partition coefficient (Wildman–Crippen LogP) is 4.17. The molecule has 1 heterocycles.